The van der Waals surface area contributed by atoms with E-state index in [4.69, 9.17) is 10.5 Å². The number of carbonyl (C=O) groups is 1. The Morgan fingerprint density at radius 2 is 2.00 bits per heavy atom. The lowest BCUT2D eigenvalue weighted by atomic mass is 10.1. The second-order valence-electron chi connectivity index (χ2n) is 4.37. The summed E-state index contributed by atoms with van der Waals surface area (Å²) in [4.78, 5) is 12.1. The number of carbonyl (C=O) groups excluding carboxylic acids is 1. The van der Waals surface area contributed by atoms with Crippen LogP contribution in [0.5, 0.6) is 5.75 Å². The first kappa shape index (κ1) is 13.9. The minimum atomic E-state index is -0.338. The van der Waals surface area contributed by atoms with Gasteiger partial charge in [0.05, 0.1) is 12.8 Å². The van der Waals surface area contributed by atoms with E-state index in [1.165, 1.54) is 25.3 Å². The largest absolute Gasteiger partial charge is 0.495 e. The quantitative estimate of drug-likeness (QED) is 0.846. The molecule has 2 aromatic carbocycles. The third-order valence-electron chi connectivity index (χ3n) is 2.93. The Morgan fingerprint density at radius 1 is 1.25 bits per heavy atom. The standard InChI is InChI=1S/C15H15FN2O2/c1-9-7-11(16)4-6-13(9)18-15(19)10-3-5-12(17)14(8-10)20-2/h3-8H,17H2,1-2H3,(H,18,19). The monoisotopic (exact) mass is 274 g/mol. The van der Waals surface area contributed by atoms with Gasteiger partial charge in [-0.15, -0.1) is 0 Å². The minimum absolute atomic E-state index is 0.307. The van der Waals surface area contributed by atoms with Crippen molar-refractivity contribution in [3.8, 4) is 5.75 Å². The summed E-state index contributed by atoms with van der Waals surface area (Å²) in [6, 6.07) is 8.95. The topological polar surface area (TPSA) is 64.3 Å². The number of hydrogen-bond acceptors (Lipinski definition) is 3. The Balaban J connectivity index is 2.24. The number of nitrogens with two attached hydrogens (primary N) is 1. The minimum Gasteiger partial charge on any atom is -0.495 e. The number of ether oxygens (including phenoxy) is 1. The average molecular weight is 274 g/mol. The zero-order valence-corrected chi connectivity index (χ0v) is 11.2. The molecule has 0 spiro atoms. The van der Waals surface area contributed by atoms with Gasteiger partial charge < -0.3 is 15.8 Å². The smallest absolute Gasteiger partial charge is 0.255 e. The molecule has 0 saturated heterocycles. The van der Waals surface area contributed by atoms with E-state index in [9.17, 15) is 9.18 Å². The number of amides is 1. The summed E-state index contributed by atoms with van der Waals surface area (Å²) in [6.07, 6.45) is 0. The van der Waals surface area contributed by atoms with Crippen LogP contribution < -0.4 is 15.8 Å². The van der Waals surface area contributed by atoms with E-state index >= 15 is 0 Å². The van der Waals surface area contributed by atoms with E-state index in [1.54, 1.807) is 25.1 Å². The molecule has 1 amide bonds. The molecule has 0 fully saturated rings. The van der Waals surface area contributed by atoms with E-state index in [2.05, 4.69) is 5.32 Å². The number of anilines is 2. The van der Waals surface area contributed by atoms with Crippen LogP contribution in [0.3, 0.4) is 0 Å². The highest BCUT2D eigenvalue weighted by atomic mass is 19.1. The SMILES string of the molecule is COc1cc(C(=O)Nc2ccc(F)cc2C)ccc1N. The van der Waals surface area contributed by atoms with Crippen LogP contribution in [0.15, 0.2) is 36.4 Å². The molecule has 2 rings (SSSR count). The maximum Gasteiger partial charge on any atom is 0.255 e. The molecule has 4 nitrogen and oxygen atoms in total. The highest BCUT2D eigenvalue weighted by Gasteiger charge is 2.10. The molecule has 0 aliphatic heterocycles. The van der Waals surface area contributed by atoms with Crippen molar-refractivity contribution >= 4 is 17.3 Å². The molecule has 5 heteroatoms. The van der Waals surface area contributed by atoms with Crippen LogP contribution in [0.2, 0.25) is 0 Å². The van der Waals surface area contributed by atoms with E-state index < -0.39 is 0 Å². The van der Waals surface area contributed by atoms with Gasteiger partial charge in [-0.2, -0.15) is 0 Å². The molecule has 0 atom stereocenters. The van der Waals surface area contributed by atoms with Crippen LogP contribution >= 0.6 is 0 Å². The lowest BCUT2D eigenvalue weighted by Gasteiger charge is -2.10. The van der Waals surface area contributed by atoms with Crippen LogP contribution in [0.4, 0.5) is 15.8 Å². The summed E-state index contributed by atoms with van der Waals surface area (Å²) in [6.45, 7) is 1.72. The van der Waals surface area contributed by atoms with Crippen LogP contribution in [0.25, 0.3) is 0 Å². The number of aryl methyl sites for hydroxylation is 1. The Morgan fingerprint density at radius 3 is 2.65 bits per heavy atom. The molecule has 2 aromatic rings. The fourth-order valence-electron chi connectivity index (χ4n) is 1.81. The van der Waals surface area contributed by atoms with Gasteiger partial charge in [-0.3, -0.25) is 4.79 Å². The van der Waals surface area contributed by atoms with Crippen LogP contribution in [0.1, 0.15) is 15.9 Å². The third kappa shape index (κ3) is 2.88. The van der Waals surface area contributed by atoms with Gasteiger partial charge in [0.1, 0.15) is 11.6 Å². The second-order valence-corrected chi connectivity index (χ2v) is 4.37. The van der Waals surface area contributed by atoms with Gasteiger partial charge in [0.25, 0.3) is 5.91 Å². The molecule has 104 valence electrons. The summed E-state index contributed by atoms with van der Waals surface area (Å²) >= 11 is 0. The third-order valence-corrected chi connectivity index (χ3v) is 2.93. The number of methoxy groups -OCH3 is 1. The van der Waals surface area contributed by atoms with Crippen LogP contribution in [-0.2, 0) is 0 Å². The number of halogens is 1. The molecule has 0 aliphatic carbocycles. The molecule has 0 aliphatic rings. The van der Waals surface area contributed by atoms with Crippen molar-refractivity contribution in [1.29, 1.82) is 0 Å². The second kappa shape index (κ2) is 5.61. The highest BCUT2D eigenvalue weighted by molar-refractivity contribution is 6.05. The molecular formula is C15H15FN2O2. The summed E-state index contributed by atoms with van der Waals surface area (Å²) in [5, 5.41) is 2.72. The maximum atomic E-state index is 13.0. The van der Waals surface area contributed by atoms with Gasteiger partial charge in [0.15, 0.2) is 0 Å². The van der Waals surface area contributed by atoms with Crippen molar-refractivity contribution in [3.05, 3.63) is 53.3 Å². The number of hydrogen-bond donors (Lipinski definition) is 2. The van der Waals surface area contributed by atoms with E-state index in [-0.39, 0.29) is 11.7 Å². The number of nitrogen functional groups attached to an aromatic ring is 1. The molecule has 0 saturated carbocycles. The van der Waals surface area contributed by atoms with Crippen molar-refractivity contribution in [2.24, 2.45) is 0 Å². The fourth-order valence-corrected chi connectivity index (χ4v) is 1.81. The van der Waals surface area contributed by atoms with Crippen molar-refractivity contribution < 1.29 is 13.9 Å². The predicted molar refractivity (Wildman–Crippen MR) is 76.5 cm³/mol. The molecule has 3 N–H and O–H groups in total. The summed E-state index contributed by atoms with van der Waals surface area (Å²) in [7, 11) is 1.48. The Kier molecular flexibility index (Phi) is 3.89. The van der Waals surface area contributed by atoms with Crippen molar-refractivity contribution in [2.75, 3.05) is 18.2 Å². The lowest BCUT2D eigenvalue weighted by molar-refractivity contribution is 0.102. The number of benzene rings is 2. The molecule has 0 heterocycles. The van der Waals surface area contributed by atoms with E-state index in [0.29, 0.717) is 28.3 Å². The number of nitrogens with one attached hydrogen (secondary N) is 1. The summed E-state index contributed by atoms with van der Waals surface area (Å²) < 4.78 is 18.1. The zero-order chi connectivity index (χ0) is 14.7. The lowest BCUT2D eigenvalue weighted by Crippen LogP contribution is -2.13. The van der Waals surface area contributed by atoms with Gasteiger partial charge in [-0.05, 0) is 48.9 Å². The first-order valence-electron chi connectivity index (χ1n) is 6.02. The van der Waals surface area contributed by atoms with Gasteiger partial charge in [-0.1, -0.05) is 0 Å². The normalized spacial score (nSPS) is 10.2. The van der Waals surface area contributed by atoms with Gasteiger partial charge in [0.2, 0.25) is 0 Å². The predicted octanol–water partition coefficient (Wildman–Crippen LogP) is 2.98. The Labute approximate surface area is 116 Å². The summed E-state index contributed by atoms with van der Waals surface area (Å²) in [5.74, 6) is -0.207. The van der Waals surface area contributed by atoms with E-state index in [1.807, 2.05) is 0 Å². The highest BCUT2D eigenvalue weighted by Crippen LogP contribution is 2.23. The molecule has 0 unspecified atom stereocenters. The Bertz CT molecular complexity index is 656. The van der Waals surface area contributed by atoms with E-state index in [0.717, 1.165) is 0 Å². The van der Waals surface area contributed by atoms with Gasteiger partial charge >= 0.3 is 0 Å². The maximum absolute atomic E-state index is 13.0. The molecule has 0 radical (unpaired) electrons. The van der Waals surface area contributed by atoms with Gasteiger partial charge in [0, 0.05) is 11.3 Å². The van der Waals surface area contributed by atoms with Crippen LogP contribution in [0, 0.1) is 12.7 Å². The fraction of sp³-hybridized carbons (Fsp3) is 0.133. The first-order chi connectivity index (χ1) is 9.51. The first-order valence-corrected chi connectivity index (χ1v) is 6.02. The molecule has 0 aromatic heterocycles. The molecular weight excluding hydrogens is 259 g/mol. The molecule has 0 bridgehead atoms. The average Bonchev–Trinajstić information content (AvgIpc) is 2.42. The van der Waals surface area contributed by atoms with Gasteiger partial charge in [-0.25, -0.2) is 4.39 Å². The van der Waals surface area contributed by atoms with Crippen molar-refractivity contribution in [1.82, 2.24) is 0 Å². The Hall–Kier alpha value is -2.56. The number of rotatable bonds is 3. The van der Waals surface area contributed by atoms with Crippen LogP contribution in [-0.4, -0.2) is 13.0 Å². The molecule has 20 heavy (non-hydrogen) atoms. The summed E-state index contributed by atoms with van der Waals surface area (Å²) in [5.41, 5.74) is 7.79. The van der Waals surface area contributed by atoms with Crippen molar-refractivity contribution in [2.45, 2.75) is 6.92 Å². The van der Waals surface area contributed by atoms with Crippen molar-refractivity contribution in [3.63, 3.8) is 0 Å². The zero-order valence-electron chi connectivity index (χ0n) is 11.2.